The first-order valence-corrected chi connectivity index (χ1v) is 7.25. The lowest BCUT2D eigenvalue weighted by atomic mass is 9.78. The highest BCUT2D eigenvalue weighted by molar-refractivity contribution is 4.78. The minimum atomic E-state index is 0.504. The summed E-state index contributed by atoms with van der Waals surface area (Å²) in [6.07, 6.45) is 13.5. The molecule has 2 rings (SSSR count). The van der Waals surface area contributed by atoms with Gasteiger partial charge < -0.3 is 11.5 Å². The second-order valence-corrected chi connectivity index (χ2v) is 6.14. The van der Waals surface area contributed by atoms with Crippen molar-refractivity contribution in [3.05, 3.63) is 0 Å². The van der Waals surface area contributed by atoms with Gasteiger partial charge in [0.2, 0.25) is 0 Å². The Morgan fingerprint density at radius 1 is 0.562 bits per heavy atom. The number of rotatable bonds is 3. The SMILES string of the molecule is NC1CCC(CCC2CCC(N)CC2)CC1. The highest BCUT2D eigenvalue weighted by Crippen LogP contribution is 2.32. The summed E-state index contributed by atoms with van der Waals surface area (Å²) in [6.45, 7) is 0. The van der Waals surface area contributed by atoms with Crippen LogP contribution in [0.25, 0.3) is 0 Å². The van der Waals surface area contributed by atoms with E-state index in [1.165, 1.54) is 64.2 Å². The molecule has 0 atom stereocenters. The standard InChI is InChI=1S/C14H28N2/c15-13-7-3-11(4-8-13)1-2-12-5-9-14(16)10-6-12/h11-14H,1-10,15-16H2. The molecule has 0 bridgehead atoms. The summed E-state index contributed by atoms with van der Waals surface area (Å²) in [6, 6.07) is 1.01. The molecule has 0 aromatic heterocycles. The molecule has 16 heavy (non-hydrogen) atoms. The van der Waals surface area contributed by atoms with Crippen molar-refractivity contribution in [2.45, 2.75) is 76.3 Å². The summed E-state index contributed by atoms with van der Waals surface area (Å²) in [5, 5.41) is 0. The average Bonchev–Trinajstić information content (AvgIpc) is 2.30. The van der Waals surface area contributed by atoms with Gasteiger partial charge in [-0.05, 0) is 63.2 Å². The van der Waals surface area contributed by atoms with E-state index in [9.17, 15) is 0 Å². The molecule has 0 unspecified atom stereocenters. The molecule has 0 radical (unpaired) electrons. The van der Waals surface area contributed by atoms with Crippen LogP contribution >= 0.6 is 0 Å². The lowest BCUT2D eigenvalue weighted by molar-refractivity contribution is 0.253. The fraction of sp³-hybridized carbons (Fsp3) is 1.00. The van der Waals surface area contributed by atoms with Gasteiger partial charge in [0.25, 0.3) is 0 Å². The van der Waals surface area contributed by atoms with E-state index >= 15 is 0 Å². The maximum atomic E-state index is 5.94. The molecule has 0 heterocycles. The summed E-state index contributed by atoms with van der Waals surface area (Å²) in [4.78, 5) is 0. The molecule has 2 heteroatoms. The van der Waals surface area contributed by atoms with Crippen LogP contribution in [0.5, 0.6) is 0 Å². The van der Waals surface area contributed by atoms with E-state index in [2.05, 4.69) is 0 Å². The van der Waals surface area contributed by atoms with E-state index in [-0.39, 0.29) is 0 Å². The van der Waals surface area contributed by atoms with E-state index in [0.29, 0.717) is 12.1 Å². The Labute approximate surface area is 100 Å². The third-order valence-corrected chi connectivity index (χ3v) is 4.77. The number of hydrogen-bond donors (Lipinski definition) is 2. The first-order valence-electron chi connectivity index (χ1n) is 7.25. The van der Waals surface area contributed by atoms with E-state index in [0.717, 1.165) is 11.8 Å². The Morgan fingerprint density at radius 3 is 1.19 bits per heavy atom. The van der Waals surface area contributed by atoms with Crippen LogP contribution in [0, 0.1) is 11.8 Å². The van der Waals surface area contributed by atoms with Crippen molar-refractivity contribution in [2.24, 2.45) is 23.3 Å². The van der Waals surface area contributed by atoms with Gasteiger partial charge in [0.15, 0.2) is 0 Å². The highest BCUT2D eigenvalue weighted by atomic mass is 14.6. The highest BCUT2D eigenvalue weighted by Gasteiger charge is 2.22. The number of hydrogen-bond acceptors (Lipinski definition) is 2. The quantitative estimate of drug-likeness (QED) is 0.774. The van der Waals surface area contributed by atoms with Gasteiger partial charge in [-0.15, -0.1) is 0 Å². The predicted molar refractivity (Wildman–Crippen MR) is 69.1 cm³/mol. The Bertz CT molecular complexity index is 167. The van der Waals surface area contributed by atoms with Gasteiger partial charge in [0.1, 0.15) is 0 Å². The summed E-state index contributed by atoms with van der Waals surface area (Å²) in [7, 11) is 0. The van der Waals surface area contributed by atoms with Crippen LogP contribution in [0.4, 0.5) is 0 Å². The molecule has 0 aliphatic heterocycles. The van der Waals surface area contributed by atoms with E-state index in [1.807, 2.05) is 0 Å². The van der Waals surface area contributed by atoms with Gasteiger partial charge in [0, 0.05) is 12.1 Å². The molecular weight excluding hydrogens is 196 g/mol. The normalized spacial score (nSPS) is 40.9. The van der Waals surface area contributed by atoms with E-state index in [4.69, 9.17) is 11.5 Å². The zero-order valence-electron chi connectivity index (χ0n) is 10.5. The Balaban J connectivity index is 1.60. The molecule has 0 aromatic carbocycles. The van der Waals surface area contributed by atoms with Crippen LogP contribution in [-0.2, 0) is 0 Å². The summed E-state index contributed by atoms with van der Waals surface area (Å²) < 4.78 is 0. The van der Waals surface area contributed by atoms with Gasteiger partial charge in [-0.2, -0.15) is 0 Å². The van der Waals surface area contributed by atoms with Crippen molar-refractivity contribution in [1.82, 2.24) is 0 Å². The van der Waals surface area contributed by atoms with Crippen molar-refractivity contribution >= 4 is 0 Å². The lowest BCUT2D eigenvalue weighted by Crippen LogP contribution is -2.28. The third-order valence-electron chi connectivity index (χ3n) is 4.77. The molecule has 4 N–H and O–H groups in total. The van der Waals surface area contributed by atoms with Gasteiger partial charge in [-0.1, -0.05) is 12.8 Å². The van der Waals surface area contributed by atoms with E-state index in [1.54, 1.807) is 0 Å². The smallest absolute Gasteiger partial charge is 0.00390 e. The fourth-order valence-corrected chi connectivity index (χ4v) is 3.43. The van der Waals surface area contributed by atoms with Crippen LogP contribution in [0.15, 0.2) is 0 Å². The molecule has 94 valence electrons. The van der Waals surface area contributed by atoms with Gasteiger partial charge in [0.05, 0.1) is 0 Å². The van der Waals surface area contributed by atoms with Crippen molar-refractivity contribution in [1.29, 1.82) is 0 Å². The van der Waals surface area contributed by atoms with E-state index < -0.39 is 0 Å². The predicted octanol–water partition coefficient (Wildman–Crippen LogP) is 2.80. The van der Waals surface area contributed by atoms with Crippen LogP contribution in [0.2, 0.25) is 0 Å². The van der Waals surface area contributed by atoms with Crippen molar-refractivity contribution in [2.75, 3.05) is 0 Å². The molecule has 0 spiro atoms. The topological polar surface area (TPSA) is 52.0 Å². The first-order chi connectivity index (χ1) is 7.74. The van der Waals surface area contributed by atoms with Crippen molar-refractivity contribution in [3.8, 4) is 0 Å². The molecule has 2 aliphatic rings. The molecule has 0 amide bonds. The molecule has 2 saturated carbocycles. The minimum absolute atomic E-state index is 0.504. The Morgan fingerprint density at radius 2 is 0.875 bits per heavy atom. The minimum Gasteiger partial charge on any atom is -0.328 e. The first kappa shape index (κ1) is 12.4. The maximum Gasteiger partial charge on any atom is 0.00390 e. The van der Waals surface area contributed by atoms with Crippen molar-refractivity contribution < 1.29 is 0 Å². The second kappa shape index (κ2) is 6.02. The van der Waals surface area contributed by atoms with Gasteiger partial charge >= 0.3 is 0 Å². The van der Waals surface area contributed by atoms with Crippen LogP contribution in [-0.4, -0.2) is 12.1 Å². The Kier molecular flexibility index (Phi) is 4.66. The second-order valence-electron chi connectivity index (χ2n) is 6.14. The summed E-state index contributed by atoms with van der Waals surface area (Å²) in [5.74, 6) is 1.96. The average molecular weight is 224 g/mol. The molecule has 0 saturated heterocycles. The van der Waals surface area contributed by atoms with Crippen LogP contribution < -0.4 is 11.5 Å². The zero-order chi connectivity index (χ0) is 11.4. The molecule has 0 aromatic rings. The molecule has 2 aliphatic carbocycles. The van der Waals surface area contributed by atoms with Crippen LogP contribution in [0.3, 0.4) is 0 Å². The molecule has 2 nitrogen and oxygen atoms in total. The zero-order valence-corrected chi connectivity index (χ0v) is 10.5. The Hall–Kier alpha value is -0.0800. The fourth-order valence-electron chi connectivity index (χ4n) is 3.43. The van der Waals surface area contributed by atoms with Gasteiger partial charge in [-0.3, -0.25) is 0 Å². The lowest BCUT2D eigenvalue weighted by Gasteiger charge is -2.30. The summed E-state index contributed by atoms with van der Waals surface area (Å²) in [5.41, 5.74) is 11.9. The van der Waals surface area contributed by atoms with Crippen molar-refractivity contribution in [3.63, 3.8) is 0 Å². The monoisotopic (exact) mass is 224 g/mol. The largest absolute Gasteiger partial charge is 0.328 e. The summed E-state index contributed by atoms with van der Waals surface area (Å²) >= 11 is 0. The maximum absolute atomic E-state index is 5.94. The van der Waals surface area contributed by atoms with Crippen LogP contribution in [0.1, 0.15) is 64.2 Å². The third kappa shape index (κ3) is 3.74. The van der Waals surface area contributed by atoms with Gasteiger partial charge in [-0.25, -0.2) is 0 Å². The molecule has 2 fully saturated rings. The molecular formula is C14H28N2. The number of nitrogens with two attached hydrogens (primary N) is 2.